The third-order valence-corrected chi connectivity index (χ3v) is 2.74. The Kier molecular flexibility index (Phi) is 4.03. The first-order valence-corrected chi connectivity index (χ1v) is 6.09. The quantitative estimate of drug-likeness (QED) is 0.632. The smallest absolute Gasteiger partial charge is 0.310 e. The van der Waals surface area contributed by atoms with Gasteiger partial charge in [0.25, 0.3) is 10.1 Å². The number of carbonyl (C=O) groups is 1. The maximum Gasteiger partial charge on any atom is 0.310 e. The van der Waals surface area contributed by atoms with Gasteiger partial charge in [0.15, 0.2) is 0 Å². The molecule has 1 N–H and O–H groups in total. The Morgan fingerprint density at radius 3 is 2.31 bits per heavy atom. The first kappa shape index (κ1) is 12.7. The normalized spacial score (nSPS) is 11.1. The Morgan fingerprint density at radius 2 is 1.88 bits per heavy atom. The second kappa shape index (κ2) is 5.09. The lowest BCUT2D eigenvalue weighted by atomic mass is 10.1. The SMILES string of the molecule is CCOC(=O)Cc1ccc(S(=O)(=O)O)cc1. The van der Waals surface area contributed by atoms with Crippen molar-refractivity contribution >= 4 is 16.1 Å². The summed E-state index contributed by atoms with van der Waals surface area (Å²) in [4.78, 5) is 10.9. The summed E-state index contributed by atoms with van der Waals surface area (Å²) in [5.74, 6) is -0.373. The molecule has 0 radical (unpaired) electrons. The second-order valence-corrected chi connectivity index (χ2v) is 4.52. The molecule has 0 spiro atoms. The van der Waals surface area contributed by atoms with Crippen LogP contribution >= 0.6 is 0 Å². The molecular weight excluding hydrogens is 232 g/mol. The molecule has 0 heterocycles. The fraction of sp³-hybridized carbons (Fsp3) is 0.300. The first-order valence-electron chi connectivity index (χ1n) is 4.65. The molecule has 16 heavy (non-hydrogen) atoms. The van der Waals surface area contributed by atoms with Crippen LogP contribution in [0, 0.1) is 0 Å². The van der Waals surface area contributed by atoms with Crippen molar-refractivity contribution in [1.82, 2.24) is 0 Å². The Morgan fingerprint density at radius 1 is 1.31 bits per heavy atom. The third-order valence-electron chi connectivity index (χ3n) is 1.87. The van der Waals surface area contributed by atoms with E-state index in [1.807, 2.05) is 0 Å². The Labute approximate surface area is 93.8 Å². The van der Waals surface area contributed by atoms with Gasteiger partial charge in [0.1, 0.15) is 0 Å². The fourth-order valence-corrected chi connectivity index (χ4v) is 1.64. The number of ether oxygens (including phenoxy) is 1. The molecule has 0 atom stereocenters. The zero-order valence-corrected chi connectivity index (χ0v) is 9.53. The number of rotatable bonds is 4. The van der Waals surface area contributed by atoms with Gasteiger partial charge < -0.3 is 4.74 Å². The van der Waals surface area contributed by atoms with Gasteiger partial charge in [-0.2, -0.15) is 8.42 Å². The van der Waals surface area contributed by atoms with E-state index < -0.39 is 10.1 Å². The monoisotopic (exact) mass is 244 g/mol. The fourth-order valence-electron chi connectivity index (χ4n) is 1.16. The maximum absolute atomic E-state index is 11.1. The highest BCUT2D eigenvalue weighted by Crippen LogP contribution is 2.10. The lowest BCUT2D eigenvalue weighted by Gasteiger charge is -2.02. The minimum Gasteiger partial charge on any atom is -0.466 e. The molecule has 6 heteroatoms. The molecule has 88 valence electrons. The van der Waals surface area contributed by atoms with E-state index in [1.165, 1.54) is 24.3 Å². The van der Waals surface area contributed by atoms with Gasteiger partial charge in [-0.25, -0.2) is 0 Å². The van der Waals surface area contributed by atoms with E-state index in [0.29, 0.717) is 12.2 Å². The van der Waals surface area contributed by atoms with Gasteiger partial charge in [0.05, 0.1) is 17.9 Å². The average Bonchev–Trinajstić information content (AvgIpc) is 2.17. The summed E-state index contributed by atoms with van der Waals surface area (Å²) in [6.45, 7) is 2.02. The molecule has 0 saturated heterocycles. The van der Waals surface area contributed by atoms with Crippen LogP contribution in [0.15, 0.2) is 29.2 Å². The predicted molar refractivity (Wildman–Crippen MR) is 56.6 cm³/mol. The lowest BCUT2D eigenvalue weighted by Crippen LogP contribution is -2.07. The third kappa shape index (κ3) is 3.63. The largest absolute Gasteiger partial charge is 0.466 e. The molecule has 0 unspecified atom stereocenters. The topological polar surface area (TPSA) is 80.7 Å². The van der Waals surface area contributed by atoms with Crippen LogP contribution < -0.4 is 0 Å². The highest BCUT2D eigenvalue weighted by molar-refractivity contribution is 7.85. The minimum absolute atomic E-state index is 0.0829. The molecule has 0 aliphatic rings. The van der Waals surface area contributed by atoms with Crippen LogP contribution in [0.1, 0.15) is 12.5 Å². The molecule has 5 nitrogen and oxygen atoms in total. The second-order valence-electron chi connectivity index (χ2n) is 3.10. The van der Waals surface area contributed by atoms with Gasteiger partial charge in [0, 0.05) is 0 Å². The van der Waals surface area contributed by atoms with Gasteiger partial charge in [-0.15, -0.1) is 0 Å². The van der Waals surface area contributed by atoms with E-state index >= 15 is 0 Å². The summed E-state index contributed by atoms with van der Waals surface area (Å²) in [5, 5.41) is 0. The molecule has 0 aliphatic carbocycles. The summed E-state index contributed by atoms with van der Waals surface area (Å²) < 4.78 is 34.9. The Balaban J connectivity index is 2.76. The summed E-state index contributed by atoms with van der Waals surface area (Å²) in [6, 6.07) is 5.40. The van der Waals surface area contributed by atoms with E-state index in [0.717, 1.165) is 0 Å². The van der Waals surface area contributed by atoms with E-state index in [2.05, 4.69) is 0 Å². The van der Waals surface area contributed by atoms with Crippen LogP contribution in [-0.2, 0) is 26.1 Å². The summed E-state index contributed by atoms with van der Waals surface area (Å²) in [7, 11) is -4.17. The van der Waals surface area contributed by atoms with E-state index in [-0.39, 0.29) is 17.3 Å². The highest BCUT2D eigenvalue weighted by Gasteiger charge is 2.09. The van der Waals surface area contributed by atoms with Crippen LogP contribution in [0.2, 0.25) is 0 Å². The Hall–Kier alpha value is -1.40. The summed E-state index contributed by atoms with van der Waals surface area (Å²) >= 11 is 0. The number of hydrogen-bond acceptors (Lipinski definition) is 4. The number of benzene rings is 1. The van der Waals surface area contributed by atoms with Crippen molar-refractivity contribution in [3.05, 3.63) is 29.8 Å². The molecule has 0 fully saturated rings. The molecule has 0 saturated carbocycles. The molecule has 0 aliphatic heterocycles. The molecule has 1 rings (SSSR count). The van der Waals surface area contributed by atoms with Crippen molar-refractivity contribution in [1.29, 1.82) is 0 Å². The number of esters is 1. The zero-order chi connectivity index (χ0) is 12.2. The van der Waals surface area contributed by atoms with Crippen molar-refractivity contribution in [3.63, 3.8) is 0 Å². The van der Waals surface area contributed by atoms with Gasteiger partial charge in [-0.3, -0.25) is 9.35 Å². The standard InChI is InChI=1S/C10H12O5S/c1-2-15-10(11)7-8-3-5-9(6-4-8)16(12,13)14/h3-6H,2,7H2,1H3,(H,12,13,14). The minimum atomic E-state index is -4.17. The molecule has 0 aromatic heterocycles. The van der Waals surface area contributed by atoms with E-state index in [9.17, 15) is 13.2 Å². The maximum atomic E-state index is 11.1. The van der Waals surface area contributed by atoms with Crippen LogP contribution in [0.5, 0.6) is 0 Å². The van der Waals surface area contributed by atoms with E-state index in [1.54, 1.807) is 6.92 Å². The van der Waals surface area contributed by atoms with Crippen molar-refractivity contribution in [2.75, 3.05) is 6.61 Å². The van der Waals surface area contributed by atoms with Crippen molar-refractivity contribution in [2.45, 2.75) is 18.2 Å². The molecular formula is C10H12O5S. The van der Waals surface area contributed by atoms with Crippen LogP contribution in [0.3, 0.4) is 0 Å². The van der Waals surface area contributed by atoms with E-state index in [4.69, 9.17) is 9.29 Å². The predicted octanol–water partition coefficient (Wildman–Crippen LogP) is 1.04. The average molecular weight is 244 g/mol. The van der Waals surface area contributed by atoms with Gasteiger partial charge in [-0.1, -0.05) is 12.1 Å². The van der Waals surface area contributed by atoms with Gasteiger partial charge in [-0.05, 0) is 24.6 Å². The summed E-state index contributed by atoms with van der Waals surface area (Å²) in [6.07, 6.45) is 0.0829. The van der Waals surface area contributed by atoms with Crippen LogP contribution in [0.25, 0.3) is 0 Å². The van der Waals surface area contributed by atoms with Gasteiger partial charge in [0.2, 0.25) is 0 Å². The zero-order valence-electron chi connectivity index (χ0n) is 8.71. The molecule has 1 aromatic rings. The van der Waals surface area contributed by atoms with Crippen molar-refractivity contribution in [3.8, 4) is 0 Å². The number of hydrogen-bond donors (Lipinski definition) is 1. The lowest BCUT2D eigenvalue weighted by molar-refractivity contribution is -0.142. The number of carbonyl (C=O) groups excluding carboxylic acids is 1. The van der Waals surface area contributed by atoms with Crippen molar-refractivity contribution in [2.24, 2.45) is 0 Å². The van der Waals surface area contributed by atoms with Crippen molar-refractivity contribution < 1.29 is 22.5 Å². The summed E-state index contributed by atoms with van der Waals surface area (Å²) in [5.41, 5.74) is 0.630. The van der Waals surface area contributed by atoms with Gasteiger partial charge >= 0.3 is 5.97 Å². The first-order chi connectivity index (χ1) is 7.43. The highest BCUT2D eigenvalue weighted by atomic mass is 32.2. The van der Waals surface area contributed by atoms with Crippen LogP contribution in [-0.4, -0.2) is 25.5 Å². The van der Waals surface area contributed by atoms with Crippen LogP contribution in [0.4, 0.5) is 0 Å². The molecule has 1 aromatic carbocycles. The molecule has 0 amide bonds. The Bertz CT molecular complexity index is 460. The molecule has 0 bridgehead atoms.